The maximum Gasteiger partial charge on any atom is 0.337 e. The lowest BCUT2D eigenvalue weighted by atomic mass is 9.62. The van der Waals surface area contributed by atoms with E-state index in [9.17, 15) is 4.79 Å². The van der Waals surface area contributed by atoms with Crippen molar-refractivity contribution in [3.8, 4) is 0 Å². The highest BCUT2D eigenvalue weighted by Crippen LogP contribution is 2.46. The molecule has 1 unspecified atom stereocenters. The molecule has 31 heavy (non-hydrogen) atoms. The van der Waals surface area contributed by atoms with E-state index in [1.54, 1.807) is 0 Å². The molecule has 0 aliphatic heterocycles. The van der Waals surface area contributed by atoms with Gasteiger partial charge in [0.25, 0.3) is 0 Å². The molecule has 0 N–H and O–H groups in total. The van der Waals surface area contributed by atoms with Crippen LogP contribution in [0.2, 0.25) is 0 Å². The summed E-state index contributed by atoms with van der Waals surface area (Å²) in [6.07, 6.45) is 10.6. The molecule has 0 amide bonds. The van der Waals surface area contributed by atoms with Crippen molar-refractivity contribution in [2.45, 2.75) is 83.5 Å². The lowest BCUT2D eigenvalue weighted by molar-refractivity contribution is 0.0600. The quantitative estimate of drug-likeness (QED) is 0.429. The number of carbonyl (C=O) groups excluding carboxylic acids is 1. The first-order valence-electron chi connectivity index (χ1n) is 11.7. The zero-order chi connectivity index (χ0) is 22.6. The Bertz CT molecular complexity index is 932. The maximum atomic E-state index is 11.7. The summed E-state index contributed by atoms with van der Waals surface area (Å²) in [5, 5.41) is 0. The van der Waals surface area contributed by atoms with Gasteiger partial charge in [-0.05, 0) is 64.5 Å². The summed E-state index contributed by atoms with van der Waals surface area (Å²) in [4.78, 5) is 11.7. The standard InChI is InChI=1S/C29H38O2/c1-7-8-9-22(13-10-21-11-14-23(15-12-21)27(30)31-6)24-16-17-25-26(20-24)29(4,5)19-18-28(25,2)3/h10-17,20,22H,7-9,18-19H2,1-6H3/b13-10+. The van der Waals surface area contributed by atoms with Crippen LogP contribution in [0.25, 0.3) is 6.08 Å². The smallest absolute Gasteiger partial charge is 0.337 e. The number of carbonyl (C=O) groups is 1. The monoisotopic (exact) mass is 418 g/mol. The van der Waals surface area contributed by atoms with E-state index in [1.807, 2.05) is 24.3 Å². The molecule has 1 aliphatic carbocycles. The van der Waals surface area contributed by atoms with Crippen LogP contribution in [0.5, 0.6) is 0 Å². The van der Waals surface area contributed by atoms with Crippen molar-refractivity contribution >= 4 is 12.0 Å². The van der Waals surface area contributed by atoms with Crippen LogP contribution < -0.4 is 0 Å². The van der Waals surface area contributed by atoms with E-state index in [-0.39, 0.29) is 16.8 Å². The van der Waals surface area contributed by atoms with E-state index in [1.165, 1.54) is 49.5 Å². The molecule has 2 nitrogen and oxygen atoms in total. The normalized spacial score (nSPS) is 17.9. The fraction of sp³-hybridized carbons (Fsp3) is 0.483. The van der Waals surface area contributed by atoms with Crippen LogP contribution in [0.3, 0.4) is 0 Å². The second-order valence-electron chi connectivity index (χ2n) is 10.3. The molecule has 0 heterocycles. The minimum absolute atomic E-state index is 0.226. The number of unbranched alkanes of at least 4 members (excludes halogenated alkanes) is 1. The summed E-state index contributed by atoms with van der Waals surface area (Å²) in [6, 6.07) is 14.9. The van der Waals surface area contributed by atoms with Crippen LogP contribution in [-0.2, 0) is 15.6 Å². The summed E-state index contributed by atoms with van der Waals surface area (Å²) in [7, 11) is 1.41. The molecule has 2 aromatic rings. The Kier molecular flexibility index (Phi) is 7.09. The highest BCUT2D eigenvalue weighted by Gasteiger charge is 2.37. The third-order valence-corrected chi connectivity index (χ3v) is 7.03. The number of methoxy groups -OCH3 is 1. The first kappa shape index (κ1) is 23.3. The first-order valence-corrected chi connectivity index (χ1v) is 11.7. The van der Waals surface area contributed by atoms with E-state index in [0.717, 1.165) is 12.0 Å². The van der Waals surface area contributed by atoms with Crippen LogP contribution in [0.1, 0.15) is 105 Å². The Morgan fingerprint density at radius 1 is 1.00 bits per heavy atom. The minimum Gasteiger partial charge on any atom is -0.465 e. The molecular formula is C29H38O2. The molecule has 0 fully saturated rings. The maximum absolute atomic E-state index is 11.7. The van der Waals surface area contributed by atoms with Gasteiger partial charge in [-0.25, -0.2) is 4.79 Å². The van der Waals surface area contributed by atoms with E-state index >= 15 is 0 Å². The van der Waals surface area contributed by atoms with E-state index in [0.29, 0.717) is 11.5 Å². The van der Waals surface area contributed by atoms with Crippen LogP contribution in [-0.4, -0.2) is 13.1 Å². The first-order chi connectivity index (χ1) is 14.7. The predicted octanol–water partition coefficient (Wildman–Crippen LogP) is 7.81. The fourth-order valence-electron chi connectivity index (χ4n) is 4.71. The fourth-order valence-corrected chi connectivity index (χ4v) is 4.71. The third-order valence-electron chi connectivity index (χ3n) is 7.03. The molecule has 0 saturated carbocycles. The van der Waals surface area contributed by atoms with Crippen molar-refractivity contribution in [3.63, 3.8) is 0 Å². The van der Waals surface area contributed by atoms with Crippen LogP contribution in [0.4, 0.5) is 0 Å². The number of allylic oxidation sites excluding steroid dienone is 1. The van der Waals surface area contributed by atoms with Crippen LogP contribution in [0, 0.1) is 0 Å². The van der Waals surface area contributed by atoms with Gasteiger partial charge in [-0.3, -0.25) is 0 Å². The Morgan fingerprint density at radius 2 is 1.65 bits per heavy atom. The lowest BCUT2D eigenvalue weighted by Gasteiger charge is -2.42. The van der Waals surface area contributed by atoms with Gasteiger partial charge in [0.05, 0.1) is 12.7 Å². The van der Waals surface area contributed by atoms with E-state index in [2.05, 4.69) is 65.0 Å². The van der Waals surface area contributed by atoms with Gasteiger partial charge in [-0.1, -0.05) is 89.9 Å². The number of esters is 1. The van der Waals surface area contributed by atoms with Gasteiger partial charge in [-0.15, -0.1) is 0 Å². The molecule has 0 bridgehead atoms. The van der Waals surface area contributed by atoms with Gasteiger partial charge >= 0.3 is 5.97 Å². The summed E-state index contributed by atoms with van der Waals surface area (Å²) >= 11 is 0. The van der Waals surface area contributed by atoms with Gasteiger partial charge in [0.2, 0.25) is 0 Å². The molecule has 0 aromatic heterocycles. The summed E-state index contributed by atoms with van der Waals surface area (Å²) in [6.45, 7) is 11.8. The molecule has 166 valence electrons. The average molecular weight is 419 g/mol. The van der Waals surface area contributed by atoms with Gasteiger partial charge in [0.1, 0.15) is 0 Å². The largest absolute Gasteiger partial charge is 0.465 e. The third kappa shape index (κ3) is 5.29. The highest BCUT2D eigenvalue weighted by molar-refractivity contribution is 5.89. The second-order valence-corrected chi connectivity index (χ2v) is 10.3. The average Bonchev–Trinajstić information content (AvgIpc) is 2.76. The summed E-state index contributed by atoms with van der Waals surface area (Å²) < 4.78 is 4.80. The van der Waals surface area contributed by atoms with Crippen molar-refractivity contribution in [1.29, 1.82) is 0 Å². The number of ether oxygens (including phenoxy) is 1. The molecular weight excluding hydrogens is 380 g/mol. The van der Waals surface area contributed by atoms with Gasteiger partial charge in [-0.2, -0.15) is 0 Å². The molecule has 2 aromatic carbocycles. The second kappa shape index (κ2) is 9.42. The van der Waals surface area contributed by atoms with E-state index in [4.69, 9.17) is 4.74 Å². The molecule has 0 spiro atoms. The molecule has 0 radical (unpaired) electrons. The Hall–Kier alpha value is -2.35. The van der Waals surface area contributed by atoms with Crippen molar-refractivity contribution in [3.05, 3.63) is 76.4 Å². The summed E-state index contributed by atoms with van der Waals surface area (Å²) in [5.41, 5.74) is 6.63. The predicted molar refractivity (Wildman–Crippen MR) is 131 cm³/mol. The highest BCUT2D eigenvalue weighted by atomic mass is 16.5. The van der Waals surface area contributed by atoms with Gasteiger partial charge in [0.15, 0.2) is 0 Å². The molecule has 3 rings (SSSR count). The lowest BCUT2D eigenvalue weighted by Crippen LogP contribution is -2.34. The Morgan fingerprint density at radius 3 is 2.26 bits per heavy atom. The molecule has 0 saturated heterocycles. The number of hydrogen-bond acceptors (Lipinski definition) is 2. The van der Waals surface area contributed by atoms with Crippen molar-refractivity contribution < 1.29 is 9.53 Å². The Balaban J connectivity index is 1.91. The Labute approximate surface area is 188 Å². The van der Waals surface area contributed by atoms with Crippen LogP contribution >= 0.6 is 0 Å². The van der Waals surface area contributed by atoms with Crippen LogP contribution in [0.15, 0.2) is 48.5 Å². The molecule has 2 heteroatoms. The zero-order valence-electron chi connectivity index (χ0n) is 20.1. The number of hydrogen-bond donors (Lipinski definition) is 0. The number of benzene rings is 2. The number of rotatable bonds is 7. The SMILES string of the molecule is CCCCC(/C=C/c1ccc(C(=O)OC)cc1)c1ccc2c(c1)C(C)(C)CCC2(C)C. The van der Waals surface area contributed by atoms with E-state index < -0.39 is 0 Å². The van der Waals surface area contributed by atoms with Crippen molar-refractivity contribution in [2.75, 3.05) is 7.11 Å². The minimum atomic E-state index is -0.295. The van der Waals surface area contributed by atoms with Gasteiger partial charge < -0.3 is 4.74 Å². The zero-order valence-corrected chi connectivity index (χ0v) is 20.1. The van der Waals surface area contributed by atoms with Crippen molar-refractivity contribution in [2.24, 2.45) is 0 Å². The summed E-state index contributed by atoms with van der Waals surface area (Å²) in [5.74, 6) is 0.0994. The molecule has 1 atom stereocenters. The molecule has 1 aliphatic rings. The topological polar surface area (TPSA) is 26.3 Å². The van der Waals surface area contributed by atoms with Crippen molar-refractivity contribution in [1.82, 2.24) is 0 Å². The van der Waals surface area contributed by atoms with Gasteiger partial charge in [0, 0.05) is 5.92 Å². The number of fused-ring (bicyclic) bond motifs is 1.